The number of nitrogens with one attached hydrogen (secondary N) is 2. The molecule has 0 saturated carbocycles. The first-order chi connectivity index (χ1) is 14.1. The molecule has 2 N–H and O–H groups in total. The lowest BCUT2D eigenvalue weighted by Crippen LogP contribution is -2.56. The number of anilines is 1. The summed E-state index contributed by atoms with van der Waals surface area (Å²) in [6.07, 6.45) is -0.0272. The van der Waals surface area contributed by atoms with Gasteiger partial charge < -0.3 is 0 Å². The first-order valence-corrected chi connectivity index (χ1v) is 11.3. The topological polar surface area (TPSA) is 74.3 Å². The number of carbonyl (C=O) groups excluding carboxylic acids is 2. The van der Waals surface area contributed by atoms with Gasteiger partial charge in [-0.15, -0.1) is 11.8 Å². The summed E-state index contributed by atoms with van der Waals surface area (Å²) in [6.45, 7) is 2.07. The molecule has 0 spiro atoms. The van der Waals surface area contributed by atoms with Crippen molar-refractivity contribution in [2.45, 2.75) is 30.4 Å². The summed E-state index contributed by atoms with van der Waals surface area (Å²) >= 11 is 3.16. The van der Waals surface area contributed by atoms with Crippen LogP contribution >= 0.6 is 23.1 Å². The van der Waals surface area contributed by atoms with Crippen molar-refractivity contribution in [2.24, 2.45) is 5.92 Å². The van der Waals surface area contributed by atoms with E-state index in [2.05, 4.69) is 46.9 Å². The number of amides is 1. The van der Waals surface area contributed by atoms with E-state index in [0.717, 1.165) is 16.0 Å². The number of fused-ring (bicyclic) bond motifs is 2. The summed E-state index contributed by atoms with van der Waals surface area (Å²) in [5.41, 5.74) is 5.26. The highest BCUT2D eigenvalue weighted by molar-refractivity contribution is 7.99. The van der Waals surface area contributed by atoms with E-state index in [1.165, 1.54) is 26.8 Å². The number of aromatic nitrogens is 1. The Morgan fingerprint density at radius 2 is 1.97 bits per heavy atom. The van der Waals surface area contributed by atoms with Gasteiger partial charge in [0.25, 0.3) is 5.91 Å². The van der Waals surface area contributed by atoms with E-state index in [-0.39, 0.29) is 23.9 Å². The summed E-state index contributed by atoms with van der Waals surface area (Å²) in [6, 6.07) is 16.2. The highest BCUT2D eigenvalue weighted by Crippen LogP contribution is 2.33. The second-order valence-corrected chi connectivity index (χ2v) is 9.48. The highest BCUT2D eigenvalue weighted by atomic mass is 32.2. The Bertz CT molecular complexity index is 1050. The number of piperidine rings is 1. The largest absolute Gasteiger partial charge is 0.299 e. The minimum absolute atomic E-state index is 0.00985. The molecule has 2 aliphatic rings. The summed E-state index contributed by atoms with van der Waals surface area (Å²) < 4.78 is 1.01. The summed E-state index contributed by atoms with van der Waals surface area (Å²) in [4.78, 5) is 31.4. The van der Waals surface area contributed by atoms with Crippen LogP contribution < -0.4 is 15.8 Å². The molecule has 3 unspecified atom stereocenters. The molecule has 3 heterocycles. The zero-order valence-corrected chi connectivity index (χ0v) is 17.4. The molecule has 5 rings (SSSR count). The van der Waals surface area contributed by atoms with Crippen LogP contribution in [-0.2, 0) is 9.59 Å². The van der Waals surface area contributed by atoms with Crippen molar-refractivity contribution in [3.05, 3.63) is 54.1 Å². The maximum atomic E-state index is 12.9. The molecule has 2 aromatic carbocycles. The van der Waals surface area contributed by atoms with Crippen molar-refractivity contribution in [3.8, 4) is 0 Å². The molecule has 0 aliphatic carbocycles. The molecule has 3 aromatic rings. The fourth-order valence-electron chi connectivity index (χ4n) is 3.74. The smallest absolute Gasteiger partial charge is 0.257 e. The van der Waals surface area contributed by atoms with Crippen molar-refractivity contribution in [3.63, 3.8) is 0 Å². The van der Waals surface area contributed by atoms with Gasteiger partial charge in [0.2, 0.25) is 5.13 Å². The second kappa shape index (κ2) is 7.53. The summed E-state index contributed by atoms with van der Waals surface area (Å²) in [7, 11) is 0. The van der Waals surface area contributed by atoms with Gasteiger partial charge in [-0.25, -0.2) is 15.4 Å². The minimum atomic E-state index is -0.692. The fourth-order valence-corrected chi connectivity index (χ4v) is 5.62. The Balaban J connectivity index is 1.29. The van der Waals surface area contributed by atoms with Crippen molar-refractivity contribution < 1.29 is 9.59 Å². The van der Waals surface area contributed by atoms with E-state index in [1.807, 2.05) is 24.3 Å². The number of hydrogen-bond acceptors (Lipinski definition) is 7. The number of thiazole rings is 1. The van der Waals surface area contributed by atoms with Crippen LogP contribution in [0.25, 0.3) is 10.2 Å². The van der Waals surface area contributed by atoms with Crippen LogP contribution in [0.5, 0.6) is 0 Å². The molecule has 2 saturated heterocycles. The number of rotatable bonds is 4. The Labute approximate surface area is 176 Å². The lowest BCUT2D eigenvalue weighted by molar-refractivity contribution is -0.133. The van der Waals surface area contributed by atoms with E-state index >= 15 is 0 Å². The molecule has 148 valence electrons. The number of carbonyl (C=O) groups is 2. The third kappa shape index (κ3) is 3.57. The van der Waals surface area contributed by atoms with Crippen LogP contribution in [0, 0.1) is 12.8 Å². The van der Waals surface area contributed by atoms with Crippen LogP contribution in [0.4, 0.5) is 5.13 Å². The Kier molecular flexibility index (Phi) is 4.87. The Hall–Kier alpha value is -2.26. The fraction of sp³-hybridized carbons (Fsp3) is 0.286. The second-order valence-electron chi connectivity index (χ2n) is 7.38. The Morgan fingerprint density at radius 3 is 2.76 bits per heavy atom. The quantitative estimate of drug-likeness (QED) is 0.495. The van der Waals surface area contributed by atoms with E-state index in [4.69, 9.17) is 0 Å². The zero-order chi connectivity index (χ0) is 20.0. The third-order valence-corrected chi connectivity index (χ3v) is 7.44. The molecular formula is C21H20N4O2S2. The number of hydrogen-bond donors (Lipinski definition) is 2. The summed E-state index contributed by atoms with van der Waals surface area (Å²) in [5.74, 6) is -0.155. The maximum absolute atomic E-state index is 12.9. The van der Waals surface area contributed by atoms with Crippen LogP contribution in [0.15, 0.2) is 53.4 Å². The molecular weight excluding hydrogens is 404 g/mol. The number of Topliss-reactive ketones (excluding diaryl/α,β-unsaturated/α-hetero) is 1. The third-order valence-electron chi connectivity index (χ3n) is 5.24. The molecule has 0 bridgehead atoms. The molecule has 1 aromatic heterocycles. The normalized spacial score (nSPS) is 24.3. The molecule has 2 fully saturated rings. The van der Waals surface area contributed by atoms with Crippen LogP contribution in [0.3, 0.4) is 0 Å². The molecule has 2 aliphatic heterocycles. The number of aryl methyl sites for hydroxylation is 1. The van der Waals surface area contributed by atoms with Crippen LogP contribution in [0.2, 0.25) is 0 Å². The number of benzene rings is 2. The number of ketones is 1. The first kappa shape index (κ1) is 18.7. The Morgan fingerprint density at radius 1 is 1.17 bits per heavy atom. The van der Waals surface area contributed by atoms with Gasteiger partial charge in [-0.3, -0.25) is 14.9 Å². The predicted octanol–water partition coefficient (Wildman–Crippen LogP) is 3.12. The predicted molar refractivity (Wildman–Crippen MR) is 116 cm³/mol. The van der Waals surface area contributed by atoms with Gasteiger partial charge in [0.1, 0.15) is 11.7 Å². The number of para-hydroxylation sites is 1. The number of thioether (sulfide) groups is 1. The minimum Gasteiger partial charge on any atom is -0.299 e. The zero-order valence-electron chi connectivity index (χ0n) is 15.8. The first-order valence-electron chi connectivity index (χ1n) is 9.52. The maximum Gasteiger partial charge on any atom is 0.257 e. The van der Waals surface area contributed by atoms with Crippen molar-refractivity contribution in [2.75, 3.05) is 10.8 Å². The highest BCUT2D eigenvalue weighted by Gasteiger charge is 2.49. The number of nitrogens with zero attached hydrogens (tertiary/aromatic N) is 2. The van der Waals surface area contributed by atoms with Gasteiger partial charge in [-0.2, -0.15) is 0 Å². The van der Waals surface area contributed by atoms with Gasteiger partial charge in [-0.1, -0.05) is 41.2 Å². The molecule has 3 atom stereocenters. The lowest BCUT2D eigenvalue weighted by atomic mass is 9.91. The van der Waals surface area contributed by atoms with Crippen molar-refractivity contribution >= 4 is 50.1 Å². The standard InChI is InChI=1S/C21H20N4O2S2/c1-12-6-8-14(9-7-12)28-11-13-10-16(26)18-19(22-13)24-25(20(18)27)21-23-15-4-2-3-5-17(15)29-21/h2-9,13,18-19,22,24H,10-11H2,1H3. The molecule has 6 nitrogen and oxygen atoms in total. The van der Waals surface area contributed by atoms with Crippen LogP contribution in [0.1, 0.15) is 12.0 Å². The SMILES string of the molecule is Cc1ccc(SCC2CC(=O)C3C(=O)N(c4nc5ccccc5s4)NC3N2)cc1. The van der Waals surface area contributed by atoms with E-state index in [0.29, 0.717) is 11.6 Å². The molecule has 8 heteroatoms. The molecule has 29 heavy (non-hydrogen) atoms. The van der Waals surface area contributed by atoms with E-state index in [1.54, 1.807) is 11.8 Å². The van der Waals surface area contributed by atoms with Crippen molar-refractivity contribution in [1.82, 2.24) is 15.7 Å². The summed E-state index contributed by atoms with van der Waals surface area (Å²) in [5, 5.41) is 5.47. The molecule has 1 amide bonds. The van der Waals surface area contributed by atoms with E-state index in [9.17, 15) is 9.59 Å². The average molecular weight is 425 g/mol. The van der Waals surface area contributed by atoms with Crippen molar-refractivity contribution in [1.29, 1.82) is 0 Å². The van der Waals surface area contributed by atoms with Gasteiger partial charge in [0, 0.05) is 23.1 Å². The average Bonchev–Trinajstić information content (AvgIpc) is 3.28. The van der Waals surface area contributed by atoms with Crippen LogP contribution in [-0.4, -0.2) is 34.6 Å². The van der Waals surface area contributed by atoms with Gasteiger partial charge >= 0.3 is 0 Å². The van der Waals surface area contributed by atoms with E-state index < -0.39 is 5.92 Å². The number of hydrazine groups is 1. The lowest BCUT2D eigenvalue weighted by Gasteiger charge is -2.30. The van der Waals surface area contributed by atoms with Gasteiger partial charge in [0.15, 0.2) is 0 Å². The monoisotopic (exact) mass is 424 g/mol. The molecule has 0 radical (unpaired) electrons. The van der Waals surface area contributed by atoms with Gasteiger partial charge in [-0.05, 0) is 31.2 Å². The van der Waals surface area contributed by atoms with Gasteiger partial charge in [0.05, 0.1) is 16.4 Å².